The molecular formula is C25H28ClN3O8. The van der Waals surface area contributed by atoms with Gasteiger partial charge in [0.25, 0.3) is 5.69 Å². The molecule has 0 aromatic heterocycles. The van der Waals surface area contributed by atoms with Gasteiger partial charge in [0.1, 0.15) is 24.0 Å². The lowest BCUT2D eigenvalue weighted by atomic mass is 9.98. The Morgan fingerprint density at radius 2 is 1.73 bits per heavy atom. The minimum atomic E-state index is -1.03. The van der Waals surface area contributed by atoms with Crippen LogP contribution in [0.15, 0.2) is 54.6 Å². The van der Waals surface area contributed by atoms with E-state index in [2.05, 4.69) is 0 Å². The first-order valence-electron chi connectivity index (χ1n) is 11.6. The van der Waals surface area contributed by atoms with Gasteiger partial charge in [-0.25, -0.2) is 14.7 Å². The van der Waals surface area contributed by atoms with Crippen LogP contribution < -0.4 is 4.74 Å². The van der Waals surface area contributed by atoms with Gasteiger partial charge in [0, 0.05) is 18.7 Å². The van der Waals surface area contributed by atoms with Gasteiger partial charge < -0.3 is 9.47 Å². The Bertz CT molecular complexity index is 1120. The van der Waals surface area contributed by atoms with E-state index in [9.17, 15) is 24.5 Å². The first-order valence-corrected chi connectivity index (χ1v) is 11.9. The number of carbonyl (C=O) groups is 3. The number of nitro benzene ring substituents is 1. The molecule has 2 aromatic rings. The number of nitro groups is 1. The van der Waals surface area contributed by atoms with E-state index in [4.69, 9.17) is 25.9 Å². The number of rotatable bonds is 7. The summed E-state index contributed by atoms with van der Waals surface area (Å²) in [6.45, 7) is 5.05. The maximum absolute atomic E-state index is 13.1. The molecule has 0 saturated carbocycles. The van der Waals surface area contributed by atoms with Crippen LogP contribution in [0, 0.1) is 10.1 Å². The zero-order chi connectivity index (χ0) is 27.2. The smallest absolute Gasteiger partial charge is 0.411 e. The third-order valence-electron chi connectivity index (χ3n) is 5.44. The Morgan fingerprint density at radius 1 is 1.08 bits per heavy atom. The van der Waals surface area contributed by atoms with Crippen molar-refractivity contribution in [3.63, 3.8) is 0 Å². The molecule has 2 aromatic carbocycles. The minimum absolute atomic E-state index is 0.0772. The summed E-state index contributed by atoms with van der Waals surface area (Å²) in [5.74, 6) is -0.655. The van der Waals surface area contributed by atoms with Crippen LogP contribution in [-0.2, 0) is 21.0 Å². The van der Waals surface area contributed by atoms with Crippen molar-refractivity contribution in [2.45, 2.75) is 57.9 Å². The number of hydrogen-bond donors (Lipinski definition) is 0. The average molecular weight is 534 g/mol. The number of nitrogens with zero attached hydrogens (tertiary/aromatic N) is 3. The molecule has 11 nitrogen and oxygen atoms in total. The van der Waals surface area contributed by atoms with Gasteiger partial charge in [-0.2, -0.15) is 0 Å². The van der Waals surface area contributed by atoms with Crippen molar-refractivity contribution in [1.82, 2.24) is 9.96 Å². The topological polar surface area (TPSA) is 129 Å². The van der Waals surface area contributed by atoms with Crippen molar-refractivity contribution in [2.24, 2.45) is 0 Å². The molecule has 0 radical (unpaired) electrons. The average Bonchev–Trinajstić information content (AvgIpc) is 2.83. The standard InChI is InChI=1S/C25H28ClN3O8/c1-25(2,3)37-24(32)27-15-19(28(23(26)31)35-16-17-7-5-4-6-8-17)11-14-21(27)22(30)36-20-12-9-18(10-13-20)29(33)34/h4-10,12-13,19,21H,11,14-16H2,1-3H3/t19-,21+/m1/s1. The summed E-state index contributed by atoms with van der Waals surface area (Å²) in [7, 11) is 0. The van der Waals surface area contributed by atoms with E-state index in [0.717, 1.165) is 10.6 Å². The van der Waals surface area contributed by atoms with E-state index in [1.165, 1.54) is 29.2 Å². The van der Waals surface area contributed by atoms with Crippen LogP contribution >= 0.6 is 11.6 Å². The molecule has 1 saturated heterocycles. The first kappa shape index (κ1) is 27.9. The van der Waals surface area contributed by atoms with E-state index in [-0.39, 0.29) is 37.4 Å². The van der Waals surface area contributed by atoms with Crippen LogP contribution in [0.2, 0.25) is 0 Å². The lowest BCUT2D eigenvalue weighted by Gasteiger charge is -2.41. The summed E-state index contributed by atoms with van der Waals surface area (Å²) in [5.41, 5.74) is -0.186. The second-order valence-electron chi connectivity index (χ2n) is 9.39. The fourth-order valence-electron chi connectivity index (χ4n) is 3.75. The predicted octanol–water partition coefficient (Wildman–Crippen LogP) is 5.06. The molecule has 2 amide bonds. The molecule has 1 aliphatic rings. The Morgan fingerprint density at radius 3 is 2.30 bits per heavy atom. The number of amides is 2. The van der Waals surface area contributed by atoms with Crippen molar-refractivity contribution < 1.29 is 33.6 Å². The van der Waals surface area contributed by atoms with Gasteiger partial charge in [-0.15, -0.1) is 0 Å². The second-order valence-corrected chi connectivity index (χ2v) is 9.71. The molecule has 12 heteroatoms. The van der Waals surface area contributed by atoms with E-state index in [1.54, 1.807) is 20.8 Å². The Hall–Kier alpha value is -3.70. The zero-order valence-electron chi connectivity index (χ0n) is 20.7. The number of non-ortho nitro benzene ring substituents is 1. The summed E-state index contributed by atoms with van der Waals surface area (Å²) in [5, 5.41) is 11.0. The van der Waals surface area contributed by atoms with Crippen LogP contribution in [-0.4, -0.2) is 56.5 Å². The van der Waals surface area contributed by atoms with E-state index in [0.29, 0.717) is 0 Å². The van der Waals surface area contributed by atoms with Gasteiger partial charge >= 0.3 is 17.4 Å². The maximum atomic E-state index is 13.1. The monoisotopic (exact) mass is 533 g/mol. The summed E-state index contributed by atoms with van der Waals surface area (Å²) in [4.78, 5) is 55.5. The highest BCUT2D eigenvalue weighted by Crippen LogP contribution is 2.27. The summed E-state index contributed by atoms with van der Waals surface area (Å²) < 4.78 is 10.9. The molecule has 1 heterocycles. The Balaban J connectivity index is 1.77. The van der Waals surface area contributed by atoms with Crippen molar-refractivity contribution in [3.8, 4) is 5.75 Å². The van der Waals surface area contributed by atoms with E-state index >= 15 is 0 Å². The van der Waals surface area contributed by atoms with Gasteiger partial charge in [0.2, 0.25) is 0 Å². The van der Waals surface area contributed by atoms with Crippen LogP contribution in [0.4, 0.5) is 15.3 Å². The predicted molar refractivity (Wildman–Crippen MR) is 133 cm³/mol. The van der Waals surface area contributed by atoms with Crippen molar-refractivity contribution in [3.05, 3.63) is 70.3 Å². The first-order chi connectivity index (χ1) is 17.4. The highest BCUT2D eigenvalue weighted by Gasteiger charge is 2.42. The van der Waals surface area contributed by atoms with Crippen LogP contribution in [0.25, 0.3) is 0 Å². The number of piperidine rings is 1. The SMILES string of the molecule is CC(C)(C)OC(=O)N1C[C@H](N(OCc2ccccc2)C(=O)Cl)CC[C@H]1C(=O)Oc1ccc([N+](=O)[O-])cc1. The van der Waals surface area contributed by atoms with Crippen molar-refractivity contribution in [2.75, 3.05) is 6.54 Å². The van der Waals surface area contributed by atoms with Gasteiger partial charge in [-0.05, 0) is 62.9 Å². The quantitative estimate of drug-likeness (QED) is 0.121. The number of benzene rings is 2. The Kier molecular flexibility index (Phi) is 9.06. The number of hydroxylamine groups is 2. The van der Waals surface area contributed by atoms with Gasteiger partial charge in [0.05, 0.1) is 11.0 Å². The molecule has 0 bridgehead atoms. The van der Waals surface area contributed by atoms with E-state index in [1.807, 2.05) is 30.3 Å². The highest BCUT2D eigenvalue weighted by molar-refractivity contribution is 6.62. The number of esters is 1. The van der Waals surface area contributed by atoms with Crippen LogP contribution in [0.5, 0.6) is 5.75 Å². The molecule has 0 N–H and O–H groups in total. The summed E-state index contributed by atoms with van der Waals surface area (Å²) in [6.07, 6.45) is -0.356. The molecule has 0 aliphatic carbocycles. The second kappa shape index (κ2) is 12.0. The summed E-state index contributed by atoms with van der Waals surface area (Å²) >= 11 is 5.81. The summed E-state index contributed by atoms with van der Waals surface area (Å²) in [6, 6.07) is 12.5. The molecular weight excluding hydrogens is 506 g/mol. The van der Waals surface area contributed by atoms with Crippen molar-refractivity contribution >= 4 is 34.7 Å². The number of halogens is 1. The van der Waals surface area contributed by atoms with Gasteiger partial charge in [-0.3, -0.25) is 24.6 Å². The number of hydrogen-bond acceptors (Lipinski definition) is 8. The van der Waals surface area contributed by atoms with Crippen molar-refractivity contribution in [1.29, 1.82) is 0 Å². The van der Waals surface area contributed by atoms with Crippen LogP contribution in [0.3, 0.4) is 0 Å². The third-order valence-corrected chi connectivity index (χ3v) is 5.61. The van der Waals surface area contributed by atoms with Gasteiger partial charge in [-0.1, -0.05) is 30.3 Å². The fraction of sp³-hybridized carbons (Fsp3) is 0.400. The molecule has 1 fully saturated rings. The lowest BCUT2D eigenvalue weighted by molar-refractivity contribution is -0.384. The Labute approximate surface area is 218 Å². The number of ether oxygens (including phenoxy) is 2. The molecule has 0 spiro atoms. The van der Waals surface area contributed by atoms with Gasteiger partial charge in [0.15, 0.2) is 0 Å². The number of likely N-dealkylation sites (tertiary alicyclic amines) is 1. The highest BCUT2D eigenvalue weighted by atomic mass is 35.5. The molecule has 3 rings (SSSR count). The zero-order valence-corrected chi connectivity index (χ0v) is 21.4. The normalized spacial score (nSPS) is 17.6. The lowest BCUT2D eigenvalue weighted by Crippen LogP contribution is -2.58. The number of carbonyl (C=O) groups excluding carboxylic acids is 3. The maximum Gasteiger partial charge on any atom is 0.411 e. The molecule has 37 heavy (non-hydrogen) atoms. The minimum Gasteiger partial charge on any atom is -0.444 e. The molecule has 198 valence electrons. The third kappa shape index (κ3) is 7.89. The van der Waals surface area contributed by atoms with Crippen LogP contribution in [0.1, 0.15) is 39.2 Å². The molecule has 2 atom stereocenters. The largest absolute Gasteiger partial charge is 0.444 e. The fourth-order valence-corrected chi connectivity index (χ4v) is 3.94. The molecule has 1 aliphatic heterocycles. The molecule has 0 unspecified atom stereocenters. The van der Waals surface area contributed by atoms with E-state index < -0.39 is 40.0 Å².